The summed E-state index contributed by atoms with van der Waals surface area (Å²) >= 11 is 1.70. The Morgan fingerprint density at radius 2 is 2.04 bits per heavy atom. The molecule has 0 bridgehead atoms. The largest absolute Gasteiger partial charge is 0.444 e. The lowest BCUT2D eigenvalue weighted by Crippen LogP contribution is -2.38. The number of hydrogen-bond acceptors (Lipinski definition) is 5. The second-order valence-electron chi connectivity index (χ2n) is 6.10. The fourth-order valence-corrected chi connectivity index (χ4v) is 3.32. The molecule has 2 heterocycles. The van der Waals surface area contributed by atoms with E-state index in [0.29, 0.717) is 25.4 Å². The molecule has 0 aliphatic carbocycles. The Bertz CT molecular complexity index is 903. The molecule has 0 radical (unpaired) electrons. The van der Waals surface area contributed by atoms with Gasteiger partial charge in [-0.15, -0.1) is 11.3 Å². The van der Waals surface area contributed by atoms with Crippen molar-refractivity contribution in [2.45, 2.75) is 33.2 Å². The van der Waals surface area contributed by atoms with E-state index in [1.165, 1.54) is 17.0 Å². The summed E-state index contributed by atoms with van der Waals surface area (Å²) in [5.41, 5.74) is 1.58. The number of nitrogens with zero attached hydrogens (tertiary/aromatic N) is 3. The molecule has 2 N–H and O–H groups in total. The van der Waals surface area contributed by atoms with Crippen molar-refractivity contribution in [2.24, 2.45) is 4.99 Å². The van der Waals surface area contributed by atoms with Crippen LogP contribution in [0, 0.1) is 5.82 Å². The molecule has 0 saturated heterocycles. The molecule has 0 saturated carbocycles. The molecule has 0 unspecified atom stereocenters. The Labute approximate surface area is 167 Å². The molecule has 0 aliphatic rings. The summed E-state index contributed by atoms with van der Waals surface area (Å²) in [6, 6.07) is 6.10. The van der Waals surface area contributed by atoms with Crippen LogP contribution in [0.4, 0.5) is 4.39 Å². The number of aryl methyl sites for hydroxylation is 1. The van der Waals surface area contributed by atoms with E-state index in [0.717, 1.165) is 35.2 Å². The van der Waals surface area contributed by atoms with Crippen LogP contribution in [0.5, 0.6) is 0 Å². The van der Waals surface area contributed by atoms with Crippen molar-refractivity contribution >= 4 is 17.3 Å². The SMILES string of the molecule is CCNC(=NCc1ncc(CC)s1)NCCc1coc(-c2ccc(F)cc2)n1. The van der Waals surface area contributed by atoms with Crippen LogP contribution in [0.2, 0.25) is 0 Å². The van der Waals surface area contributed by atoms with Gasteiger partial charge in [0.15, 0.2) is 5.96 Å². The van der Waals surface area contributed by atoms with Crippen molar-refractivity contribution in [3.63, 3.8) is 0 Å². The molecule has 0 aliphatic heterocycles. The second-order valence-corrected chi connectivity index (χ2v) is 7.30. The minimum absolute atomic E-state index is 0.279. The van der Waals surface area contributed by atoms with Gasteiger partial charge >= 0.3 is 0 Å². The highest BCUT2D eigenvalue weighted by molar-refractivity contribution is 7.11. The second kappa shape index (κ2) is 9.98. The molecule has 0 fully saturated rings. The summed E-state index contributed by atoms with van der Waals surface area (Å²) in [4.78, 5) is 14.7. The molecular formula is C20H24FN5OS. The van der Waals surface area contributed by atoms with Crippen LogP contribution in [0.15, 0.2) is 46.1 Å². The fourth-order valence-electron chi connectivity index (χ4n) is 2.53. The molecule has 0 amide bonds. The Hall–Kier alpha value is -2.74. The van der Waals surface area contributed by atoms with Crippen LogP contribution in [-0.2, 0) is 19.4 Å². The number of guanidine groups is 1. The van der Waals surface area contributed by atoms with Gasteiger partial charge in [0.2, 0.25) is 5.89 Å². The highest BCUT2D eigenvalue weighted by Crippen LogP contribution is 2.19. The maximum Gasteiger partial charge on any atom is 0.226 e. The van der Waals surface area contributed by atoms with Crippen molar-refractivity contribution in [1.29, 1.82) is 0 Å². The van der Waals surface area contributed by atoms with Gasteiger partial charge in [0.25, 0.3) is 0 Å². The lowest BCUT2D eigenvalue weighted by atomic mass is 10.2. The van der Waals surface area contributed by atoms with Crippen LogP contribution < -0.4 is 10.6 Å². The zero-order valence-electron chi connectivity index (χ0n) is 16.0. The monoisotopic (exact) mass is 401 g/mol. The molecule has 2 aromatic heterocycles. The normalized spacial score (nSPS) is 11.6. The van der Waals surface area contributed by atoms with Crippen molar-refractivity contribution in [2.75, 3.05) is 13.1 Å². The van der Waals surface area contributed by atoms with E-state index in [9.17, 15) is 4.39 Å². The first kappa shape index (κ1) is 20.0. The number of hydrogen-bond donors (Lipinski definition) is 2. The first-order valence-electron chi connectivity index (χ1n) is 9.34. The summed E-state index contributed by atoms with van der Waals surface area (Å²) in [5, 5.41) is 7.54. The Kier molecular flexibility index (Phi) is 7.13. The summed E-state index contributed by atoms with van der Waals surface area (Å²) in [5.74, 6) is 0.961. The predicted octanol–water partition coefficient (Wildman–Crippen LogP) is 3.80. The summed E-state index contributed by atoms with van der Waals surface area (Å²) in [7, 11) is 0. The van der Waals surface area contributed by atoms with Crippen LogP contribution >= 0.6 is 11.3 Å². The standard InChI is InChI=1S/C20H24FN5OS/c1-3-17-11-24-18(28-17)12-25-20(22-4-2)23-10-9-16-13-27-19(26-16)14-5-7-15(21)8-6-14/h5-8,11,13H,3-4,9-10,12H2,1-2H3,(H2,22,23,25). The smallest absolute Gasteiger partial charge is 0.226 e. The number of oxazole rings is 1. The molecule has 0 atom stereocenters. The fraction of sp³-hybridized carbons (Fsp3) is 0.350. The molecule has 8 heteroatoms. The van der Waals surface area contributed by atoms with Gasteiger partial charge in [0.1, 0.15) is 17.1 Å². The molecule has 6 nitrogen and oxygen atoms in total. The Morgan fingerprint density at radius 1 is 1.21 bits per heavy atom. The molecule has 1 aromatic carbocycles. The zero-order chi connectivity index (χ0) is 19.8. The third kappa shape index (κ3) is 5.63. The van der Waals surface area contributed by atoms with E-state index in [1.807, 2.05) is 13.1 Å². The van der Waals surface area contributed by atoms with E-state index in [2.05, 4.69) is 32.5 Å². The maximum atomic E-state index is 13.0. The average molecular weight is 402 g/mol. The molecule has 3 rings (SSSR count). The minimum Gasteiger partial charge on any atom is -0.444 e. The lowest BCUT2D eigenvalue weighted by molar-refractivity contribution is 0.571. The quantitative estimate of drug-likeness (QED) is 0.444. The lowest BCUT2D eigenvalue weighted by Gasteiger charge is -2.10. The average Bonchev–Trinajstić information content (AvgIpc) is 3.36. The van der Waals surface area contributed by atoms with Crippen LogP contribution in [0.1, 0.15) is 29.4 Å². The molecule has 148 valence electrons. The highest BCUT2D eigenvalue weighted by atomic mass is 32.1. The van der Waals surface area contributed by atoms with Gasteiger partial charge in [-0.25, -0.2) is 19.4 Å². The number of halogens is 1. The summed E-state index contributed by atoms with van der Waals surface area (Å²) in [6.45, 7) is 6.15. The van der Waals surface area contributed by atoms with E-state index in [-0.39, 0.29) is 5.82 Å². The van der Waals surface area contributed by atoms with E-state index in [1.54, 1.807) is 29.7 Å². The third-order valence-electron chi connectivity index (χ3n) is 3.98. The predicted molar refractivity (Wildman–Crippen MR) is 110 cm³/mol. The molecule has 28 heavy (non-hydrogen) atoms. The summed E-state index contributed by atoms with van der Waals surface area (Å²) in [6.07, 6.45) is 5.23. The van der Waals surface area contributed by atoms with Gasteiger partial charge in [0, 0.05) is 36.1 Å². The number of aliphatic imine (C=N–C) groups is 1. The Balaban J connectivity index is 1.52. The third-order valence-corrected chi connectivity index (χ3v) is 5.11. The van der Waals surface area contributed by atoms with Gasteiger partial charge in [-0.2, -0.15) is 0 Å². The summed E-state index contributed by atoms with van der Waals surface area (Å²) < 4.78 is 18.5. The first-order chi connectivity index (χ1) is 13.7. The number of thiazole rings is 1. The van der Waals surface area contributed by atoms with Crippen LogP contribution in [-0.4, -0.2) is 29.0 Å². The zero-order valence-corrected chi connectivity index (χ0v) is 16.9. The van der Waals surface area contributed by atoms with Gasteiger partial charge in [0.05, 0.1) is 12.2 Å². The van der Waals surface area contributed by atoms with E-state index >= 15 is 0 Å². The minimum atomic E-state index is -0.279. The molecule has 3 aromatic rings. The van der Waals surface area contributed by atoms with Gasteiger partial charge in [-0.3, -0.25) is 0 Å². The Morgan fingerprint density at radius 3 is 2.75 bits per heavy atom. The van der Waals surface area contributed by atoms with Gasteiger partial charge in [-0.05, 0) is 37.6 Å². The van der Waals surface area contributed by atoms with E-state index < -0.39 is 0 Å². The maximum absolute atomic E-state index is 13.0. The number of nitrogens with one attached hydrogen (secondary N) is 2. The van der Waals surface area contributed by atoms with Crippen molar-refractivity contribution in [3.05, 3.63) is 58.1 Å². The van der Waals surface area contributed by atoms with Crippen LogP contribution in [0.3, 0.4) is 0 Å². The van der Waals surface area contributed by atoms with E-state index in [4.69, 9.17) is 4.42 Å². The van der Waals surface area contributed by atoms with Gasteiger partial charge in [-0.1, -0.05) is 6.92 Å². The first-order valence-corrected chi connectivity index (χ1v) is 10.2. The number of rotatable bonds is 8. The highest BCUT2D eigenvalue weighted by Gasteiger charge is 2.07. The van der Waals surface area contributed by atoms with Crippen LogP contribution in [0.25, 0.3) is 11.5 Å². The molecule has 0 spiro atoms. The van der Waals surface area contributed by atoms with Crippen molar-refractivity contribution in [3.8, 4) is 11.5 Å². The topological polar surface area (TPSA) is 75.3 Å². The van der Waals surface area contributed by atoms with Crippen molar-refractivity contribution < 1.29 is 8.81 Å². The molecular weight excluding hydrogens is 377 g/mol. The van der Waals surface area contributed by atoms with Gasteiger partial charge < -0.3 is 15.1 Å². The van der Waals surface area contributed by atoms with Crippen molar-refractivity contribution in [1.82, 2.24) is 20.6 Å². The number of aromatic nitrogens is 2. The number of benzene rings is 1.